The van der Waals surface area contributed by atoms with Crippen molar-refractivity contribution in [2.75, 3.05) is 32.9 Å². The Morgan fingerprint density at radius 3 is 2.68 bits per heavy atom. The summed E-state index contributed by atoms with van der Waals surface area (Å²) in [5, 5.41) is 0. The Labute approximate surface area is 115 Å². The van der Waals surface area contributed by atoms with Crippen molar-refractivity contribution in [3.63, 3.8) is 0 Å². The Balaban J connectivity index is 1.98. The van der Waals surface area contributed by atoms with Crippen LogP contribution in [0.4, 0.5) is 0 Å². The van der Waals surface area contributed by atoms with Gasteiger partial charge in [0, 0.05) is 39.1 Å². The van der Waals surface area contributed by atoms with E-state index in [1.54, 1.807) is 0 Å². The first-order valence-electron chi connectivity index (χ1n) is 7.34. The number of nitrogens with zero attached hydrogens (tertiary/aromatic N) is 1. The van der Waals surface area contributed by atoms with Gasteiger partial charge in [0.05, 0.1) is 18.2 Å². The molecule has 0 aromatic carbocycles. The third-order valence-corrected chi connectivity index (χ3v) is 4.51. The molecule has 2 rings (SSSR count). The highest BCUT2D eigenvalue weighted by molar-refractivity contribution is 5.82. The number of rotatable bonds is 3. The maximum atomic E-state index is 12.4. The molecule has 0 aromatic rings. The van der Waals surface area contributed by atoms with E-state index in [2.05, 4.69) is 6.92 Å². The molecule has 0 radical (unpaired) electrons. The van der Waals surface area contributed by atoms with Gasteiger partial charge in [-0.05, 0) is 5.92 Å². The van der Waals surface area contributed by atoms with Crippen LogP contribution in [0, 0.1) is 5.92 Å². The van der Waals surface area contributed by atoms with Crippen LogP contribution >= 0.6 is 0 Å². The van der Waals surface area contributed by atoms with Gasteiger partial charge in [-0.15, -0.1) is 0 Å². The molecule has 2 N–H and O–H groups in total. The molecule has 2 aliphatic heterocycles. The molecule has 1 spiro atoms. The summed E-state index contributed by atoms with van der Waals surface area (Å²) >= 11 is 0. The second kappa shape index (κ2) is 6.20. The Morgan fingerprint density at radius 2 is 2.05 bits per heavy atom. The molecule has 19 heavy (non-hydrogen) atoms. The summed E-state index contributed by atoms with van der Waals surface area (Å²) in [6.45, 7) is 7.48. The van der Waals surface area contributed by atoms with Crippen LogP contribution in [0.3, 0.4) is 0 Å². The average molecular weight is 270 g/mol. The van der Waals surface area contributed by atoms with E-state index in [-0.39, 0.29) is 23.5 Å². The highest BCUT2D eigenvalue weighted by Gasteiger charge is 2.40. The minimum absolute atomic E-state index is 0.0727. The maximum Gasteiger partial charge on any atom is 0.239 e. The average Bonchev–Trinajstić information content (AvgIpc) is 2.45. The SMILES string of the molecule is CC[C@H](C)[C@@H](N)C(=O)N1CCOC2(CCOCC2)C1. The van der Waals surface area contributed by atoms with Crippen molar-refractivity contribution in [1.29, 1.82) is 0 Å². The lowest BCUT2D eigenvalue weighted by atomic mass is 9.91. The molecule has 2 aliphatic rings. The smallest absolute Gasteiger partial charge is 0.239 e. The van der Waals surface area contributed by atoms with Crippen LogP contribution in [0.15, 0.2) is 0 Å². The number of carbonyl (C=O) groups is 1. The van der Waals surface area contributed by atoms with Crippen LogP contribution in [-0.2, 0) is 14.3 Å². The highest BCUT2D eigenvalue weighted by atomic mass is 16.5. The van der Waals surface area contributed by atoms with Crippen molar-refractivity contribution >= 4 is 5.91 Å². The third kappa shape index (κ3) is 3.27. The van der Waals surface area contributed by atoms with Gasteiger partial charge in [0.25, 0.3) is 0 Å². The summed E-state index contributed by atoms with van der Waals surface area (Å²) in [5.41, 5.74) is 5.87. The number of nitrogens with two attached hydrogens (primary N) is 1. The van der Waals surface area contributed by atoms with E-state index >= 15 is 0 Å². The zero-order valence-corrected chi connectivity index (χ0v) is 12.1. The number of amides is 1. The van der Waals surface area contributed by atoms with E-state index in [1.807, 2.05) is 11.8 Å². The first kappa shape index (κ1) is 14.8. The lowest BCUT2D eigenvalue weighted by molar-refractivity contribution is -0.169. The number of ether oxygens (including phenoxy) is 2. The summed E-state index contributed by atoms with van der Waals surface area (Å²) in [5.74, 6) is 0.296. The first-order valence-corrected chi connectivity index (χ1v) is 7.34. The minimum Gasteiger partial charge on any atom is -0.381 e. The molecular formula is C14H26N2O3. The molecule has 5 heteroatoms. The van der Waals surface area contributed by atoms with Gasteiger partial charge in [-0.2, -0.15) is 0 Å². The van der Waals surface area contributed by atoms with Crippen LogP contribution < -0.4 is 5.73 Å². The van der Waals surface area contributed by atoms with Gasteiger partial charge in [-0.25, -0.2) is 0 Å². The largest absolute Gasteiger partial charge is 0.381 e. The zero-order chi connectivity index (χ0) is 13.9. The van der Waals surface area contributed by atoms with Gasteiger partial charge in [0.1, 0.15) is 0 Å². The Kier molecular flexibility index (Phi) is 4.81. The summed E-state index contributed by atoms with van der Waals surface area (Å²) < 4.78 is 11.3. The second-order valence-corrected chi connectivity index (χ2v) is 5.81. The number of morpholine rings is 1. The van der Waals surface area contributed by atoms with Crippen LogP contribution in [0.2, 0.25) is 0 Å². The third-order valence-electron chi connectivity index (χ3n) is 4.51. The van der Waals surface area contributed by atoms with E-state index < -0.39 is 0 Å². The standard InChI is InChI=1S/C14H26N2O3/c1-3-11(2)12(15)13(17)16-6-9-19-14(10-16)4-7-18-8-5-14/h11-12H,3-10,15H2,1-2H3/t11-,12+/m0/s1. The molecule has 2 saturated heterocycles. The molecule has 0 aromatic heterocycles. The number of carbonyl (C=O) groups excluding carboxylic acids is 1. The van der Waals surface area contributed by atoms with Crippen LogP contribution in [0.5, 0.6) is 0 Å². The van der Waals surface area contributed by atoms with Crippen molar-refractivity contribution in [3.8, 4) is 0 Å². The van der Waals surface area contributed by atoms with Gasteiger partial charge in [0.2, 0.25) is 5.91 Å². The topological polar surface area (TPSA) is 64.8 Å². The predicted molar refractivity (Wildman–Crippen MR) is 72.7 cm³/mol. The van der Waals surface area contributed by atoms with E-state index in [1.165, 1.54) is 0 Å². The first-order chi connectivity index (χ1) is 9.08. The second-order valence-electron chi connectivity index (χ2n) is 5.81. The number of hydrogen-bond donors (Lipinski definition) is 1. The van der Waals surface area contributed by atoms with Gasteiger partial charge < -0.3 is 20.1 Å². The normalized spacial score (nSPS) is 26.2. The van der Waals surface area contributed by atoms with Crippen molar-refractivity contribution in [1.82, 2.24) is 4.90 Å². The molecule has 2 fully saturated rings. The summed E-state index contributed by atoms with van der Waals surface area (Å²) in [7, 11) is 0. The summed E-state index contributed by atoms with van der Waals surface area (Å²) in [6.07, 6.45) is 2.67. The van der Waals surface area contributed by atoms with Gasteiger partial charge in [0.15, 0.2) is 0 Å². The summed E-state index contributed by atoms with van der Waals surface area (Å²) in [6, 6.07) is -0.389. The van der Waals surface area contributed by atoms with E-state index in [4.69, 9.17) is 15.2 Å². The monoisotopic (exact) mass is 270 g/mol. The fourth-order valence-electron chi connectivity index (χ4n) is 2.79. The quantitative estimate of drug-likeness (QED) is 0.822. The van der Waals surface area contributed by atoms with E-state index in [0.717, 1.165) is 32.5 Å². The fraction of sp³-hybridized carbons (Fsp3) is 0.929. The summed E-state index contributed by atoms with van der Waals surface area (Å²) in [4.78, 5) is 14.3. The molecule has 5 nitrogen and oxygen atoms in total. The van der Waals surface area contributed by atoms with E-state index in [0.29, 0.717) is 19.7 Å². The van der Waals surface area contributed by atoms with Gasteiger partial charge >= 0.3 is 0 Å². The predicted octanol–water partition coefficient (Wildman–Crippen LogP) is 0.768. The van der Waals surface area contributed by atoms with Crippen molar-refractivity contribution in [2.45, 2.75) is 44.8 Å². The number of hydrogen-bond acceptors (Lipinski definition) is 4. The maximum absolute atomic E-state index is 12.4. The molecule has 2 atom stereocenters. The van der Waals surface area contributed by atoms with Crippen LogP contribution in [0.25, 0.3) is 0 Å². The Bertz CT molecular complexity index is 310. The van der Waals surface area contributed by atoms with Crippen molar-refractivity contribution in [2.24, 2.45) is 11.7 Å². The molecule has 0 unspecified atom stereocenters. The van der Waals surface area contributed by atoms with E-state index in [9.17, 15) is 4.79 Å². The lowest BCUT2D eigenvalue weighted by Crippen LogP contribution is -2.59. The Morgan fingerprint density at radius 1 is 1.37 bits per heavy atom. The zero-order valence-electron chi connectivity index (χ0n) is 12.1. The fourth-order valence-corrected chi connectivity index (χ4v) is 2.79. The lowest BCUT2D eigenvalue weighted by Gasteiger charge is -2.45. The van der Waals surface area contributed by atoms with Crippen molar-refractivity contribution in [3.05, 3.63) is 0 Å². The molecule has 1 amide bonds. The van der Waals surface area contributed by atoms with Crippen molar-refractivity contribution < 1.29 is 14.3 Å². The van der Waals surface area contributed by atoms with Crippen LogP contribution in [0.1, 0.15) is 33.1 Å². The van der Waals surface area contributed by atoms with Crippen LogP contribution in [-0.4, -0.2) is 55.4 Å². The molecule has 0 aliphatic carbocycles. The van der Waals surface area contributed by atoms with Gasteiger partial charge in [-0.1, -0.05) is 20.3 Å². The Hall–Kier alpha value is -0.650. The highest BCUT2D eigenvalue weighted by Crippen LogP contribution is 2.29. The molecule has 0 bridgehead atoms. The van der Waals surface area contributed by atoms with Gasteiger partial charge in [-0.3, -0.25) is 4.79 Å². The molecule has 2 heterocycles. The minimum atomic E-state index is -0.389. The molecular weight excluding hydrogens is 244 g/mol. The molecule has 0 saturated carbocycles. The molecule has 110 valence electrons.